The lowest BCUT2D eigenvalue weighted by Gasteiger charge is -2.19. The zero-order valence-electron chi connectivity index (χ0n) is 12.3. The van der Waals surface area contributed by atoms with Gasteiger partial charge < -0.3 is 20.5 Å². The number of carbonyl (C=O) groups is 1. The van der Waals surface area contributed by atoms with Gasteiger partial charge in [-0.05, 0) is 37.0 Å². The number of aliphatic hydroxyl groups excluding tert-OH is 1. The quantitative estimate of drug-likeness (QED) is 0.710. The maximum absolute atomic E-state index is 11.7. The van der Waals surface area contributed by atoms with E-state index in [2.05, 4.69) is 10.6 Å². The van der Waals surface area contributed by atoms with Crippen molar-refractivity contribution in [3.8, 4) is 5.75 Å². The molecule has 3 N–H and O–H groups in total. The highest BCUT2D eigenvalue weighted by Gasteiger charge is 2.13. The summed E-state index contributed by atoms with van der Waals surface area (Å²) in [7, 11) is 1.63. The fourth-order valence-corrected chi connectivity index (χ4v) is 1.71. The molecule has 2 amide bonds. The van der Waals surface area contributed by atoms with Crippen LogP contribution in [0.1, 0.15) is 19.4 Å². The molecule has 1 rings (SSSR count). The maximum Gasteiger partial charge on any atom is 0.315 e. The maximum atomic E-state index is 11.7. The molecule has 0 saturated carbocycles. The summed E-state index contributed by atoms with van der Waals surface area (Å²) >= 11 is 0. The molecule has 0 radical (unpaired) electrons. The van der Waals surface area contributed by atoms with Gasteiger partial charge in [0.15, 0.2) is 0 Å². The average molecular weight is 280 g/mol. The van der Waals surface area contributed by atoms with Crippen molar-refractivity contribution in [2.45, 2.75) is 26.3 Å². The molecule has 0 saturated heterocycles. The topological polar surface area (TPSA) is 70.6 Å². The van der Waals surface area contributed by atoms with Crippen LogP contribution in [0.3, 0.4) is 0 Å². The predicted molar refractivity (Wildman–Crippen MR) is 78.9 cm³/mol. The number of nitrogens with one attached hydrogen (secondary N) is 2. The highest BCUT2D eigenvalue weighted by Crippen LogP contribution is 2.12. The van der Waals surface area contributed by atoms with Crippen LogP contribution in [0.2, 0.25) is 0 Å². The Balaban J connectivity index is 2.31. The summed E-state index contributed by atoms with van der Waals surface area (Å²) < 4.78 is 5.15. The smallest absolute Gasteiger partial charge is 0.315 e. The molecule has 0 aliphatic heterocycles. The van der Waals surface area contributed by atoms with Crippen molar-refractivity contribution in [3.63, 3.8) is 0 Å². The van der Waals surface area contributed by atoms with Crippen LogP contribution in [0.15, 0.2) is 24.3 Å². The molecule has 0 aromatic heterocycles. The Morgan fingerprint density at radius 2 is 2.15 bits per heavy atom. The largest absolute Gasteiger partial charge is 0.497 e. The lowest BCUT2D eigenvalue weighted by Crippen LogP contribution is -2.44. The summed E-state index contributed by atoms with van der Waals surface area (Å²) in [4.78, 5) is 11.7. The number of rotatable bonds is 7. The average Bonchev–Trinajstić information content (AvgIpc) is 2.46. The zero-order chi connectivity index (χ0) is 15.0. The van der Waals surface area contributed by atoms with E-state index < -0.39 is 0 Å². The lowest BCUT2D eigenvalue weighted by molar-refractivity contribution is 0.200. The number of hydrogen-bond donors (Lipinski definition) is 3. The van der Waals surface area contributed by atoms with Gasteiger partial charge in [-0.25, -0.2) is 4.79 Å². The minimum absolute atomic E-state index is 0.0409. The van der Waals surface area contributed by atoms with Crippen molar-refractivity contribution in [1.82, 2.24) is 10.6 Å². The van der Waals surface area contributed by atoms with E-state index in [4.69, 9.17) is 9.84 Å². The first kappa shape index (κ1) is 16.3. The molecule has 0 fully saturated rings. The Hall–Kier alpha value is -1.75. The minimum Gasteiger partial charge on any atom is -0.497 e. The third-order valence-electron chi connectivity index (χ3n) is 3.33. The molecule has 1 aromatic rings. The van der Waals surface area contributed by atoms with Gasteiger partial charge in [0.1, 0.15) is 5.75 Å². The van der Waals surface area contributed by atoms with Gasteiger partial charge in [0.05, 0.1) is 7.11 Å². The number of carbonyl (C=O) groups excluding carboxylic acids is 1. The van der Waals surface area contributed by atoms with E-state index in [1.54, 1.807) is 7.11 Å². The Labute approximate surface area is 120 Å². The highest BCUT2D eigenvalue weighted by atomic mass is 16.5. The van der Waals surface area contributed by atoms with E-state index in [1.807, 2.05) is 38.1 Å². The van der Waals surface area contributed by atoms with Crippen LogP contribution < -0.4 is 15.4 Å². The third-order valence-corrected chi connectivity index (χ3v) is 3.33. The van der Waals surface area contributed by atoms with Gasteiger partial charge in [0.2, 0.25) is 0 Å². The summed E-state index contributed by atoms with van der Waals surface area (Å²) in [5, 5.41) is 14.6. The zero-order valence-corrected chi connectivity index (χ0v) is 12.3. The van der Waals surface area contributed by atoms with Gasteiger partial charge in [-0.2, -0.15) is 0 Å². The van der Waals surface area contributed by atoms with Gasteiger partial charge in [-0.3, -0.25) is 0 Å². The molecule has 5 nitrogen and oxygen atoms in total. The van der Waals surface area contributed by atoms with Crippen molar-refractivity contribution in [2.75, 3.05) is 20.3 Å². The Bertz CT molecular complexity index is 423. The number of amides is 2. The summed E-state index contributed by atoms with van der Waals surface area (Å²) in [6.07, 6.45) is 0.745. The Morgan fingerprint density at radius 1 is 1.40 bits per heavy atom. The van der Waals surface area contributed by atoms with Crippen molar-refractivity contribution in [1.29, 1.82) is 0 Å². The van der Waals surface area contributed by atoms with E-state index in [9.17, 15) is 4.79 Å². The van der Waals surface area contributed by atoms with Gasteiger partial charge in [-0.1, -0.05) is 19.1 Å². The molecular weight excluding hydrogens is 256 g/mol. The summed E-state index contributed by atoms with van der Waals surface area (Å²) in [6.45, 7) is 4.38. The van der Waals surface area contributed by atoms with Gasteiger partial charge in [-0.15, -0.1) is 0 Å². The van der Waals surface area contributed by atoms with Crippen LogP contribution in [0, 0.1) is 5.92 Å². The molecular formula is C15H24N2O3. The number of aliphatic hydroxyl groups is 1. The van der Waals surface area contributed by atoms with E-state index in [0.29, 0.717) is 6.54 Å². The van der Waals surface area contributed by atoms with Gasteiger partial charge in [0, 0.05) is 19.2 Å². The van der Waals surface area contributed by atoms with Crippen LogP contribution >= 0.6 is 0 Å². The molecule has 1 aromatic carbocycles. The molecule has 5 heteroatoms. The number of methoxy groups -OCH3 is 1. The Kier molecular flexibility index (Phi) is 6.87. The molecule has 0 bridgehead atoms. The van der Waals surface area contributed by atoms with Gasteiger partial charge >= 0.3 is 6.03 Å². The van der Waals surface area contributed by atoms with Crippen LogP contribution in [0.5, 0.6) is 5.75 Å². The van der Waals surface area contributed by atoms with E-state index >= 15 is 0 Å². The highest BCUT2D eigenvalue weighted by molar-refractivity contribution is 5.74. The monoisotopic (exact) mass is 280 g/mol. The molecule has 2 unspecified atom stereocenters. The second-order valence-corrected chi connectivity index (χ2v) is 4.95. The van der Waals surface area contributed by atoms with Crippen molar-refractivity contribution in [2.24, 2.45) is 5.92 Å². The molecule has 20 heavy (non-hydrogen) atoms. The van der Waals surface area contributed by atoms with Crippen LogP contribution in [0.4, 0.5) is 4.79 Å². The molecule has 0 spiro atoms. The fraction of sp³-hybridized carbons (Fsp3) is 0.533. The number of hydrogen-bond acceptors (Lipinski definition) is 3. The van der Waals surface area contributed by atoms with E-state index in [1.165, 1.54) is 0 Å². The number of benzene rings is 1. The van der Waals surface area contributed by atoms with Crippen molar-refractivity contribution < 1.29 is 14.6 Å². The second kappa shape index (κ2) is 8.43. The van der Waals surface area contributed by atoms with E-state index in [0.717, 1.165) is 17.7 Å². The molecule has 112 valence electrons. The molecule has 0 aliphatic rings. The number of urea groups is 1. The predicted octanol–water partition coefficient (Wildman–Crippen LogP) is 1.55. The van der Waals surface area contributed by atoms with Gasteiger partial charge in [0.25, 0.3) is 0 Å². The minimum atomic E-state index is -0.208. The van der Waals surface area contributed by atoms with Crippen LogP contribution in [-0.2, 0) is 6.42 Å². The summed E-state index contributed by atoms with van der Waals surface area (Å²) in [6, 6.07) is 7.51. The lowest BCUT2D eigenvalue weighted by atomic mass is 10.1. The van der Waals surface area contributed by atoms with Crippen LogP contribution in [0.25, 0.3) is 0 Å². The third kappa shape index (κ3) is 5.48. The summed E-state index contributed by atoms with van der Waals surface area (Å²) in [5.41, 5.74) is 1.11. The Morgan fingerprint density at radius 3 is 2.80 bits per heavy atom. The standard InChI is InChI=1S/C15H24N2O3/c1-11(10-18)12(2)17-15(19)16-8-7-13-5-4-6-14(9-13)20-3/h4-6,9,11-12,18H,7-8,10H2,1-3H3,(H2,16,17,19). The molecule has 0 heterocycles. The van der Waals surface area contributed by atoms with Crippen molar-refractivity contribution in [3.05, 3.63) is 29.8 Å². The second-order valence-electron chi connectivity index (χ2n) is 4.95. The SMILES string of the molecule is COc1cccc(CCNC(=O)NC(C)C(C)CO)c1. The van der Waals surface area contributed by atoms with Crippen LogP contribution in [-0.4, -0.2) is 37.4 Å². The normalized spacial score (nSPS) is 13.4. The fourth-order valence-electron chi connectivity index (χ4n) is 1.71. The summed E-state index contributed by atoms with van der Waals surface area (Å²) in [5.74, 6) is 0.858. The first-order valence-electron chi connectivity index (χ1n) is 6.85. The molecule has 2 atom stereocenters. The van der Waals surface area contributed by atoms with Crippen molar-refractivity contribution >= 4 is 6.03 Å². The first-order chi connectivity index (χ1) is 9.56. The van der Waals surface area contributed by atoms with E-state index in [-0.39, 0.29) is 24.6 Å². The molecule has 0 aliphatic carbocycles. The number of ether oxygens (including phenoxy) is 1. The first-order valence-corrected chi connectivity index (χ1v) is 6.85.